The molecule has 1 aliphatic rings. The summed E-state index contributed by atoms with van der Waals surface area (Å²) in [6.07, 6.45) is 3.48. The van der Waals surface area contributed by atoms with Gasteiger partial charge < -0.3 is 25.6 Å². The van der Waals surface area contributed by atoms with Crippen LogP contribution < -0.4 is 32.2 Å². The Bertz CT molecular complexity index is 896. The lowest BCUT2D eigenvalue weighted by atomic mass is 9.98. The van der Waals surface area contributed by atoms with Gasteiger partial charge in [-0.15, -0.1) is 0 Å². The summed E-state index contributed by atoms with van der Waals surface area (Å²) in [6, 6.07) is 11.0. The van der Waals surface area contributed by atoms with E-state index in [1.54, 1.807) is 0 Å². The first-order valence-corrected chi connectivity index (χ1v) is 11.7. The summed E-state index contributed by atoms with van der Waals surface area (Å²) in [5.74, 6) is -0.582. The predicted octanol–water partition coefficient (Wildman–Crippen LogP) is 3.12. The van der Waals surface area contributed by atoms with Crippen molar-refractivity contribution in [1.82, 2.24) is 4.90 Å². The second-order valence-corrected chi connectivity index (χ2v) is 8.88. The summed E-state index contributed by atoms with van der Waals surface area (Å²) in [6.45, 7) is 8.46. The third-order valence-corrected chi connectivity index (χ3v) is 6.15. The molecule has 0 unspecified atom stereocenters. The largest absolute Gasteiger partial charge is 0.457 e. The van der Waals surface area contributed by atoms with Gasteiger partial charge in [0.25, 0.3) is 0 Å². The van der Waals surface area contributed by atoms with Crippen LogP contribution in [0.4, 0.5) is 17.1 Å². The zero-order chi connectivity index (χ0) is 23.3. The van der Waals surface area contributed by atoms with E-state index < -0.39 is 5.85 Å². The van der Waals surface area contributed by atoms with E-state index in [1.165, 1.54) is 16.8 Å². The maximum absolute atomic E-state index is 6.27. The van der Waals surface area contributed by atoms with Crippen molar-refractivity contribution >= 4 is 17.1 Å². The van der Waals surface area contributed by atoms with Gasteiger partial charge in [-0.25, -0.2) is 0 Å². The fraction of sp³-hybridized carbons (Fsp3) is 0.520. The van der Waals surface area contributed by atoms with Crippen molar-refractivity contribution < 1.29 is 4.74 Å². The van der Waals surface area contributed by atoms with Crippen LogP contribution in [0.25, 0.3) is 0 Å². The summed E-state index contributed by atoms with van der Waals surface area (Å²) < 4.78 is 5.68. The zero-order valence-electron chi connectivity index (χ0n) is 20.1. The second kappa shape index (κ2) is 10.4. The molecule has 0 radical (unpaired) electrons. The molecule has 1 aliphatic heterocycles. The molecule has 2 aromatic rings. The van der Waals surface area contributed by atoms with Crippen LogP contribution >= 0.6 is 0 Å². The first-order chi connectivity index (χ1) is 15.3. The Kier molecular flexibility index (Phi) is 7.87. The van der Waals surface area contributed by atoms with Gasteiger partial charge in [0.2, 0.25) is 5.85 Å². The Balaban J connectivity index is 1.68. The predicted molar refractivity (Wildman–Crippen MR) is 135 cm³/mol. The lowest BCUT2D eigenvalue weighted by Crippen LogP contribution is -2.53. The summed E-state index contributed by atoms with van der Waals surface area (Å²) in [5.41, 5.74) is 24.7. The number of rotatable bonds is 11. The number of fused-ring (bicyclic) bond motifs is 1. The number of ether oxygens (including phenoxy) is 1. The van der Waals surface area contributed by atoms with Crippen LogP contribution in [-0.4, -0.2) is 44.5 Å². The van der Waals surface area contributed by atoms with Crippen molar-refractivity contribution in [2.24, 2.45) is 11.5 Å². The van der Waals surface area contributed by atoms with Crippen LogP contribution in [-0.2, 0) is 19.4 Å². The summed E-state index contributed by atoms with van der Waals surface area (Å²) in [5, 5.41) is 3.32. The van der Waals surface area contributed by atoms with E-state index in [-0.39, 0.29) is 0 Å². The molecule has 32 heavy (non-hydrogen) atoms. The van der Waals surface area contributed by atoms with Gasteiger partial charge in [0.05, 0.1) is 5.69 Å². The average molecular weight is 441 g/mol. The number of anilines is 3. The molecule has 0 aromatic heterocycles. The Morgan fingerprint density at radius 1 is 1.12 bits per heavy atom. The fourth-order valence-electron chi connectivity index (χ4n) is 4.44. The first-order valence-electron chi connectivity index (χ1n) is 11.7. The Labute approximate surface area is 192 Å². The van der Waals surface area contributed by atoms with Crippen LogP contribution in [0.15, 0.2) is 30.3 Å². The third kappa shape index (κ3) is 5.65. The molecule has 3 rings (SSSR count). The highest BCUT2D eigenvalue weighted by Gasteiger charge is 2.35. The first kappa shape index (κ1) is 24.2. The van der Waals surface area contributed by atoms with Gasteiger partial charge >= 0.3 is 0 Å². The number of nitrogen functional groups attached to an aromatic ring is 1. The maximum atomic E-state index is 6.27. The van der Waals surface area contributed by atoms with Gasteiger partial charge in [-0.2, -0.15) is 0 Å². The molecule has 176 valence electrons. The van der Waals surface area contributed by atoms with Crippen molar-refractivity contribution in [3.63, 3.8) is 0 Å². The number of aryl methyl sites for hydroxylation is 1. The normalized spacial score (nSPS) is 14.3. The number of benzene rings is 2. The number of hydrogen-bond donors (Lipinski definition) is 4. The monoisotopic (exact) mass is 440 g/mol. The average Bonchev–Trinajstić information content (AvgIpc) is 3.09. The molecule has 2 aromatic carbocycles. The molecule has 7 nitrogen and oxygen atoms in total. The van der Waals surface area contributed by atoms with Gasteiger partial charge in [-0.3, -0.25) is 11.5 Å². The van der Waals surface area contributed by atoms with Crippen LogP contribution in [0, 0.1) is 0 Å². The molecule has 0 spiro atoms. The molecule has 0 aliphatic carbocycles. The molecule has 0 atom stereocenters. The van der Waals surface area contributed by atoms with Crippen molar-refractivity contribution in [3.8, 4) is 5.75 Å². The SMILES string of the molecule is CCCN(CCCc1cc(N)c2c(c1NC)CC(N)(N)O2)c1ccc(CN(C)CC)cc1. The van der Waals surface area contributed by atoms with Crippen LogP contribution in [0.2, 0.25) is 0 Å². The van der Waals surface area contributed by atoms with Gasteiger partial charge in [-0.1, -0.05) is 26.0 Å². The molecule has 0 fully saturated rings. The van der Waals surface area contributed by atoms with Crippen LogP contribution in [0.3, 0.4) is 0 Å². The zero-order valence-corrected chi connectivity index (χ0v) is 20.1. The highest BCUT2D eigenvalue weighted by molar-refractivity contribution is 5.73. The van der Waals surface area contributed by atoms with E-state index in [9.17, 15) is 0 Å². The van der Waals surface area contributed by atoms with E-state index >= 15 is 0 Å². The molecule has 7 N–H and O–H groups in total. The van der Waals surface area contributed by atoms with E-state index in [0.29, 0.717) is 17.9 Å². The number of nitrogens with one attached hydrogen (secondary N) is 1. The molecule has 7 heteroatoms. The maximum Gasteiger partial charge on any atom is 0.217 e. The summed E-state index contributed by atoms with van der Waals surface area (Å²) in [4.78, 5) is 4.78. The molecule has 1 heterocycles. The Morgan fingerprint density at radius 3 is 2.47 bits per heavy atom. The molecule has 0 amide bonds. The van der Waals surface area contributed by atoms with E-state index in [1.807, 2.05) is 13.1 Å². The van der Waals surface area contributed by atoms with Gasteiger partial charge in [0.1, 0.15) is 0 Å². The molecule has 0 saturated carbocycles. The van der Waals surface area contributed by atoms with Crippen molar-refractivity contribution in [3.05, 3.63) is 47.0 Å². The third-order valence-electron chi connectivity index (χ3n) is 6.15. The standard InChI is InChI=1S/C25H40N6O/c1-5-13-31(20-11-9-18(10-12-20)17-30(4)6-2)14-7-8-19-15-22(26)24-21(23(19)29-3)16-25(27,28)32-24/h9-12,15,29H,5-8,13-14,16-17,26-28H2,1-4H3. The highest BCUT2D eigenvalue weighted by atomic mass is 16.5. The van der Waals surface area contributed by atoms with E-state index in [2.05, 4.69) is 60.3 Å². The van der Waals surface area contributed by atoms with Gasteiger partial charge in [-0.05, 0) is 62.2 Å². The smallest absolute Gasteiger partial charge is 0.217 e. The molecular formula is C25H40N6O. The lowest BCUT2D eigenvalue weighted by Gasteiger charge is -2.25. The van der Waals surface area contributed by atoms with Crippen molar-refractivity contribution in [2.45, 2.75) is 51.9 Å². The van der Waals surface area contributed by atoms with Gasteiger partial charge in [0.15, 0.2) is 5.75 Å². The minimum absolute atomic E-state index is 0.443. The van der Waals surface area contributed by atoms with E-state index in [4.69, 9.17) is 21.9 Å². The molecular weight excluding hydrogens is 400 g/mol. The number of nitrogens with two attached hydrogens (primary N) is 3. The number of hydrogen-bond acceptors (Lipinski definition) is 7. The fourth-order valence-corrected chi connectivity index (χ4v) is 4.44. The lowest BCUT2D eigenvalue weighted by molar-refractivity contribution is 0.111. The highest BCUT2D eigenvalue weighted by Crippen LogP contribution is 2.42. The van der Waals surface area contributed by atoms with Gasteiger partial charge in [0, 0.05) is 50.0 Å². The number of nitrogens with zero attached hydrogens (tertiary/aromatic N) is 2. The topological polar surface area (TPSA) is 106 Å². The summed E-state index contributed by atoms with van der Waals surface area (Å²) in [7, 11) is 4.07. The minimum atomic E-state index is -1.20. The quantitative estimate of drug-likeness (QED) is 0.314. The minimum Gasteiger partial charge on any atom is -0.457 e. The van der Waals surface area contributed by atoms with Crippen molar-refractivity contribution in [1.29, 1.82) is 0 Å². The van der Waals surface area contributed by atoms with Crippen LogP contribution in [0.1, 0.15) is 43.4 Å². The Morgan fingerprint density at radius 2 is 1.84 bits per heavy atom. The molecule has 0 saturated heterocycles. The van der Waals surface area contributed by atoms with Crippen molar-refractivity contribution in [2.75, 3.05) is 49.7 Å². The summed E-state index contributed by atoms with van der Waals surface area (Å²) >= 11 is 0. The molecule has 0 bridgehead atoms. The van der Waals surface area contributed by atoms with Crippen LogP contribution in [0.5, 0.6) is 5.75 Å². The Hall–Kier alpha value is -2.48. The van der Waals surface area contributed by atoms with E-state index in [0.717, 1.165) is 56.7 Å². The second-order valence-electron chi connectivity index (χ2n) is 8.88.